The predicted octanol–water partition coefficient (Wildman–Crippen LogP) is 12.5. The Hall–Kier alpha value is -6.32. The van der Waals surface area contributed by atoms with Gasteiger partial charge in [0.25, 0.3) is 0 Å². The van der Waals surface area contributed by atoms with Gasteiger partial charge in [-0.15, -0.1) is 0 Å². The van der Waals surface area contributed by atoms with E-state index in [4.69, 9.17) is 4.42 Å². The van der Waals surface area contributed by atoms with E-state index in [2.05, 4.69) is 173 Å². The van der Waals surface area contributed by atoms with Gasteiger partial charge in [-0.3, -0.25) is 0 Å². The number of hydrogen-bond acceptors (Lipinski definition) is 2. The maximum Gasteiger partial charge on any atom is 0.160 e. The summed E-state index contributed by atoms with van der Waals surface area (Å²) in [5, 5.41) is 9.52. The minimum Gasteiger partial charge on any atom is -0.454 e. The summed E-state index contributed by atoms with van der Waals surface area (Å²) < 4.78 is 9.13. The fourth-order valence-corrected chi connectivity index (χ4v) is 7.49. The molecular weight excluding hydrogens is 572 g/mol. The molecule has 0 saturated carbocycles. The molecule has 0 bridgehead atoms. The molecule has 2 aromatic heterocycles. The van der Waals surface area contributed by atoms with Crippen LogP contribution in [0.2, 0.25) is 0 Å². The molecule has 10 aromatic rings. The highest BCUT2D eigenvalue weighted by Gasteiger charge is 2.23. The van der Waals surface area contributed by atoms with Crippen LogP contribution in [0.25, 0.3) is 71.0 Å². The van der Waals surface area contributed by atoms with E-state index in [9.17, 15) is 0 Å². The standard InChI is InChI=1S/C44H28N2O/c1-3-15-33-29(12-1)14-11-22-38(33)46(41-28-30-13-2-4-16-34(30)43-37-19-7-10-23-42(37)47-44(41)43)32-26-24-31(25-27-32)45-39-20-8-5-17-35(39)36-18-6-9-21-40(36)45/h1-28H. The first-order chi connectivity index (χ1) is 23.3. The second-order valence-electron chi connectivity index (χ2n) is 12.1. The van der Waals surface area contributed by atoms with E-state index >= 15 is 0 Å². The highest BCUT2D eigenvalue weighted by Crippen LogP contribution is 2.47. The maximum absolute atomic E-state index is 6.76. The SMILES string of the molecule is c1ccc2c(N(c3ccc(-n4c5ccccc5c5ccccc54)cc3)c3cc4ccccc4c4c3oc3ccccc34)cccc2c1. The molecule has 2 heterocycles. The molecule has 220 valence electrons. The zero-order valence-electron chi connectivity index (χ0n) is 25.5. The lowest BCUT2D eigenvalue weighted by Crippen LogP contribution is -2.11. The van der Waals surface area contributed by atoms with Crippen molar-refractivity contribution < 1.29 is 4.42 Å². The molecule has 8 aromatic carbocycles. The Labute approximate surface area is 271 Å². The Morgan fingerprint density at radius 3 is 1.74 bits per heavy atom. The first-order valence-corrected chi connectivity index (χ1v) is 16.0. The number of furan rings is 1. The third-order valence-electron chi connectivity index (χ3n) is 9.55. The summed E-state index contributed by atoms with van der Waals surface area (Å²) in [4.78, 5) is 2.37. The van der Waals surface area contributed by atoms with Gasteiger partial charge in [-0.05, 0) is 70.8 Å². The van der Waals surface area contributed by atoms with Crippen molar-refractivity contribution in [3.05, 3.63) is 170 Å². The van der Waals surface area contributed by atoms with E-state index in [-0.39, 0.29) is 0 Å². The van der Waals surface area contributed by atoms with Crippen molar-refractivity contribution in [3.63, 3.8) is 0 Å². The zero-order chi connectivity index (χ0) is 30.9. The summed E-state index contributed by atoms with van der Waals surface area (Å²) in [6.07, 6.45) is 0. The van der Waals surface area contributed by atoms with E-state index in [0.29, 0.717) is 0 Å². The van der Waals surface area contributed by atoms with Crippen LogP contribution in [0.5, 0.6) is 0 Å². The summed E-state index contributed by atoms with van der Waals surface area (Å²) in [6.45, 7) is 0. The number of nitrogens with zero attached hydrogens (tertiary/aromatic N) is 2. The Morgan fingerprint density at radius 1 is 0.426 bits per heavy atom. The molecule has 0 saturated heterocycles. The number of para-hydroxylation sites is 3. The summed E-state index contributed by atoms with van der Waals surface area (Å²) in [7, 11) is 0. The Bertz CT molecular complexity index is 2740. The normalized spacial score (nSPS) is 11.8. The summed E-state index contributed by atoms with van der Waals surface area (Å²) in [5.74, 6) is 0. The number of benzene rings is 8. The molecule has 0 aliphatic rings. The van der Waals surface area contributed by atoms with Crippen LogP contribution in [0.1, 0.15) is 0 Å². The number of aromatic nitrogens is 1. The molecule has 3 heteroatoms. The van der Waals surface area contributed by atoms with Crippen molar-refractivity contribution >= 4 is 82.4 Å². The molecule has 0 atom stereocenters. The fraction of sp³-hybridized carbons (Fsp3) is 0. The van der Waals surface area contributed by atoms with Gasteiger partial charge in [0.2, 0.25) is 0 Å². The minimum absolute atomic E-state index is 0.879. The van der Waals surface area contributed by atoms with Gasteiger partial charge in [0.05, 0.1) is 22.4 Å². The minimum atomic E-state index is 0.879. The summed E-state index contributed by atoms with van der Waals surface area (Å²) in [5.41, 5.74) is 8.46. The van der Waals surface area contributed by atoms with Gasteiger partial charge in [-0.25, -0.2) is 0 Å². The van der Waals surface area contributed by atoms with E-state index in [1.165, 1.54) is 43.4 Å². The first-order valence-electron chi connectivity index (χ1n) is 16.0. The van der Waals surface area contributed by atoms with Gasteiger partial charge in [0.1, 0.15) is 5.58 Å². The predicted molar refractivity (Wildman–Crippen MR) is 198 cm³/mol. The summed E-state index contributed by atoms with van der Waals surface area (Å²) >= 11 is 0. The summed E-state index contributed by atoms with van der Waals surface area (Å²) in [6, 6.07) is 60.7. The Kier molecular flexibility index (Phi) is 5.57. The van der Waals surface area contributed by atoms with E-state index in [1.807, 2.05) is 6.07 Å². The highest BCUT2D eigenvalue weighted by atomic mass is 16.3. The van der Waals surface area contributed by atoms with Crippen molar-refractivity contribution in [2.45, 2.75) is 0 Å². The van der Waals surface area contributed by atoms with Crippen LogP contribution in [0.3, 0.4) is 0 Å². The highest BCUT2D eigenvalue weighted by molar-refractivity contribution is 6.23. The Balaban J connectivity index is 1.26. The molecular formula is C44H28N2O. The van der Waals surface area contributed by atoms with Gasteiger partial charge in [-0.2, -0.15) is 0 Å². The molecule has 0 radical (unpaired) electrons. The molecule has 0 aliphatic carbocycles. The van der Waals surface area contributed by atoms with Crippen LogP contribution in [-0.4, -0.2) is 4.57 Å². The van der Waals surface area contributed by atoms with E-state index in [1.54, 1.807) is 0 Å². The average Bonchev–Trinajstić information content (AvgIpc) is 3.69. The molecule has 47 heavy (non-hydrogen) atoms. The number of rotatable bonds is 4. The molecule has 0 fully saturated rings. The van der Waals surface area contributed by atoms with E-state index < -0.39 is 0 Å². The molecule has 10 rings (SSSR count). The molecule has 0 spiro atoms. The largest absolute Gasteiger partial charge is 0.454 e. The van der Waals surface area contributed by atoms with Gasteiger partial charge in [-0.1, -0.05) is 115 Å². The van der Waals surface area contributed by atoms with Crippen LogP contribution >= 0.6 is 0 Å². The van der Waals surface area contributed by atoms with Crippen molar-refractivity contribution in [3.8, 4) is 5.69 Å². The second-order valence-corrected chi connectivity index (χ2v) is 12.1. The van der Waals surface area contributed by atoms with Crippen LogP contribution in [-0.2, 0) is 0 Å². The zero-order valence-corrected chi connectivity index (χ0v) is 25.5. The molecule has 0 aliphatic heterocycles. The maximum atomic E-state index is 6.76. The van der Waals surface area contributed by atoms with Crippen molar-refractivity contribution in [1.29, 1.82) is 0 Å². The third-order valence-corrected chi connectivity index (χ3v) is 9.55. The fourth-order valence-electron chi connectivity index (χ4n) is 7.49. The van der Waals surface area contributed by atoms with E-state index in [0.717, 1.165) is 44.7 Å². The van der Waals surface area contributed by atoms with Gasteiger partial charge < -0.3 is 13.9 Å². The quantitative estimate of drug-likeness (QED) is 0.200. The van der Waals surface area contributed by atoms with Crippen molar-refractivity contribution in [2.75, 3.05) is 4.90 Å². The number of fused-ring (bicyclic) bond motifs is 9. The first kappa shape index (κ1) is 26.0. The van der Waals surface area contributed by atoms with Crippen LogP contribution in [0.4, 0.5) is 17.1 Å². The molecule has 3 nitrogen and oxygen atoms in total. The van der Waals surface area contributed by atoms with Crippen molar-refractivity contribution in [1.82, 2.24) is 4.57 Å². The molecule has 0 amide bonds. The van der Waals surface area contributed by atoms with Crippen LogP contribution in [0, 0.1) is 0 Å². The Morgan fingerprint density at radius 2 is 1.00 bits per heavy atom. The van der Waals surface area contributed by atoms with Crippen LogP contribution in [0.15, 0.2) is 174 Å². The smallest absolute Gasteiger partial charge is 0.160 e. The van der Waals surface area contributed by atoms with Crippen molar-refractivity contribution in [2.24, 2.45) is 0 Å². The molecule has 0 N–H and O–H groups in total. The molecule has 0 unspecified atom stereocenters. The lowest BCUT2D eigenvalue weighted by Gasteiger charge is -2.27. The monoisotopic (exact) mass is 600 g/mol. The average molecular weight is 601 g/mol. The van der Waals surface area contributed by atoms with Gasteiger partial charge >= 0.3 is 0 Å². The van der Waals surface area contributed by atoms with Gasteiger partial charge in [0.15, 0.2) is 5.58 Å². The lowest BCUT2D eigenvalue weighted by atomic mass is 10.0. The lowest BCUT2D eigenvalue weighted by molar-refractivity contribution is 0.669. The number of anilines is 3. The number of hydrogen-bond donors (Lipinski definition) is 0. The third kappa shape index (κ3) is 3.87. The topological polar surface area (TPSA) is 21.3 Å². The van der Waals surface area contributed by atoms with Crippen LogP contribution < -0.4 is 4.90 Å². The second kappa shape index (κ2) is 10.1. The van der Waals surface area contributed by atoms with Gasteiger partial charge in [0, 0.05) is 38.3 Å².